The zero-order valence-electron chi connectivity index (χ0n) is 25.9. The molecule has 6 rings (SSSR count). The molecule has 0 amide bonds. The molecule has 11 atom stereocenters. The molecule has 38 heavy (non-hydrogen) atoms. The van der Waals surface area contributed by atoms with Gasteiger partial charge in [0.15, 0.2) is 6.29 Å². The lowest BCUT2D eigenvalue weighted by molar-refractivity contribution is -0.217. The maximum absolute atomic E-state index is 6.35. The standard InChI is InChI=1S/C35H60O3/c1-24(12-8-7-10-18-32(2,3)38-31-13-9-11-21-37-31)27-14-15-28-26-22-30(36-6)35-23-25(35)16-20-34(35,5)29(26)17-19-33(27,28)4/h24-31H,7-23H2,1-6H3/t24-,25-,26+,27-,28+,29+,30-,31?,33-,34-,35+/m1/s1. The summed E-state index contributed by atoms with van der Waals surface area (Å²) in [6.07, 6.45) is 22.4. The highest BCUT2D eigenvalue weighted by Gasteiger charge is 2.77. The lowest BCUT2D eigenvalue weighted by Gasteiger charge is -2.61. The first-order valence-corrected chi connectivity index (χ1v) is 17.0. The zero-order chi connectivity index (χ0) is 26.8. The molecule has 1 unspecified atom stereocenters. The van der Waals surface area contributed by atoms with E-state index >= 15 is 0 Å². The van der Waals surface area contributed by atoms with Gasteiger partial charge in [-0.1, -0.05) is 46.5 Å². The first-order chi connectivity index (χ1) is 18.1. The van der Waals surface area contributed by atoms with Crippen molar-refractivity contribution in [3.63, 3.8) is 0 Å². The number of unbranched alkanes of at least 4 members (excludes halogenated alkanes) is 2. The fraction of sp³-hybridized carbons (Fsp3) is 1.00. The lowest BCUT2D eigenvalue weighted by Crippen LogP contribution is -2.57. The van der Waals surface area contributed by atoms with Gasteiger partial charge in [-0.25, -0.2) is 0 Å². The summed E-state index contributed by atoms with van der Waals surface area (Å²) in [4.78, 5) is 0. The normalized spacial score (nSPS) is 48.6. The number of rotatable bonds is 10. The Kier molecular flexibility index (Phi) is 7.60. The monoisotopic (exact) mass is 528 g/mol. The van der Waals surface area contributed by atoms with Gasteiger partial charge in [0.05, 0.1) is 11.7 Å². The van der Waals surface area contributed by atoms with Crippen molar-refractivity contribution in [2.24, 2.45) is 51.8 Å². The van der Waals surface area contributed by atoms with Gasteiger partial charge in [-0.3, -0.25) is 0 Å². The summed E-state index contributed by atoms with van der Waals surface area (Å²) < 4.78 is 18.5. The highest BCUT2D eigenvalue weighted by atomic mass is 16.7. The molecule has 5 aliphatic carbocycles. The van der Waals surface area contributed by atoms with Gasteiger partial charge in [0.1, 0.15) is 0 Å². The van der Waals surface area contributed by atoms with E-state index in [0.29, 0.717) is 22.3 Å². The first-order valence-electron chi connectivity index (χ1n) is 17.0. The number of fused-ring (bicyclic) bond motifs is 4. The van der Waals surface area contributed by atoms with Crippen LogP contribution in [0.3, 0.4) is 0 Å². The summed E-state index contributed by atoms with van der Waals surface area (Å²) in [6, 6.07) is 0. The Labute approximate surface area is 234 Å². The maximum Gasteiger partial charge on any atom is 0.158 e. The first kappa shape index (κ1) is 28.0. The van der Waals surface area contributed by atoms with E-state index in [2.05, 4.69) is 34.6 Å². The Morgan fingerprint density at radius 2 is 1.79 bits per heavy atom. The van der Waals surface area contributed by atoms with Crippen LogP contribution in [-0.4, -0.2) is 31.7 Å². The molecular weight excluding hydrogens is 468 g/mol. The van der Waals surface area contributed by atoms with Crippen LogP contribution in [0.25, 0.3) is 0 Å². The van der Waals surface area contributed by atoms with E-state index in [1.54, 1.807) is 0 Å². The van der Waals surface area contributed by atoms with E-state index in [9.17, 15) is 0 Å². The molecule has 1 spiro atoms. The third-order valence-corrected chi connectivity index (χ3v) is 14.1. The van der Waals surface area contributed by atoms with E-state index < -0.39 is 0 Å². The third kappa shape index (κ3) is 4.46. The fourth-order valence-corrected chi connectivity index (χ4v) is 12.2. The number of hydrogen-bond donors (Lipinski definition) is 0. The number of hydrogen-bond acceptors (Lipinski definition) is 3. The summed E-state index contributed by atoms with van der Waals surface area (Å²) in [6.45, 7) is 13.5. The smallest absolute Gasteiger partial charge is 0.158 e. The van der Waals surface area contributed by atoms with Crippen LogP contribution in [0.2, 0.25) is 0 Å². The molecule has 1 aliphatic heterocycles. The lowest BCUT2D eigenvalue weighted by atomic mass is 9.45. The summed E-state index contributed by atoms with van der Waals surface area (Å²) in [5.74, 6) is 5.61. The Hall–Kier alpha value is -0.120. The number of ether oxygens (including phenoxy) is 3. The maximum atomic E-state index is 6.35. The Bertz CT molecular complexity index is 833. The van der Waals surface area contributed by atoms with Gasteiger partial charge in [0.2, 0.25) is 0 Å². The molecular formula is C35H60O3. The van der Waals surface area contributed by atoms with Crippen LogP contribution in [-0.2, 0) is 14.2 Å². The molecule has 3 nitrogen and oxygen atoms in total. The molecule has 1 saturated heterocycles. The van der Waals surface area contributed by atoms with Gasteiger partial charge in [0.25, 0.3) is 0 Å². The molecule has 218 valence electrons. The Balaban J connectivity index is 1.01. The van der Waals surface area contributed by atoms with Crippen molar-refractivity contribution in [1.29, 1.82) is 0 Å². The second-order valence-electron chi connectivity index (χ2n) is 16.2. The van der Waals surface area contributed by atoms with Crippen molar-refractivity contribution in [3.05, 3.63) is 0 Å². The van der Waals surface area contributed by atoms with E-state index in [-0.39, 0.29) is 11.9 Å². The van der Waals surface area contributed by atoms with Gasteiger partial charge in [-0.05, 0) is 137 Å². The highest BCUT2D eigenvalue weighted by Crippen LogP contribution is 2.82. The van der Waals surface area contributed by atoms with Crippen molar-refractivity contribution in [2.45, 2.75) is 155 Å². The quantitative estimate of drug-likeness (QED) is 0.265. The van der Waals surface area contributed by atoms with Gasteiger partial charge in [-0.2, -0.15) is 0 Å². The van der Waals surface area contributed by atoms with Crippen molar-refractivity contribution in [3.8, 4) is 0 Å². The van der Waals surface area contributed by atoms with Crippen molar-refractivity contribution >= 4 is 0 Å². The van der Waals surface area contributed by atoms with E-state index in [4.69, 9.17) is 14.2 Å². The van der Waals surface area contributed by atoms with Crippen LogP contribution in [0.1, 0.15) is 137 Å². The van der Waals surface area contributed by atoms with Gasteiger partial charge >= 0.3 is 0 Å². The molecule has 6 aliphatic rings. The number of methoxy groups -OCH3 is 1. The van der Waals surface area contributed by atoms with Crippen LogP contribution in [0.15, 0.2) is 0 Å². The minimum absolute atomic E-state index is 0.0285. The second-order valence-corrected chi connectivity index (χ2v) is 16.2. The SMILES string of the molecule is CO[C@@H]1C[C@H]2[C@@H]3CC[C@H]([C@H](C)CCCCCC(C)(C)OC4CCCCO4)[C@@]3(C)CC[C@@H]2[C@@]2(C)CC[C@@H]3C[C@]312. The molecule has 3 heteroatoms. The molecule has 5 saturated carbocycles. The average Bonchev–Trinajstić information content (AvgIpc) is 3.39. The molecule has 6 fully saturated rings. The van der Waals surface area contributed by atoms with Crippen LogP contribution >= 0.6 is 0 Å². The largest absolute Gasteiger partial charge is 0.381 e. The van der Waals surface area contributed by atoms with Crippen molar-refractivity contribution < 1.29 is 14.2 Å². The molecule has 0 N–H and O–H groups in total. The summed E-state index contributed by atoms with van der Waals surface area (Å²) in [7, 11) is 2.03. The van der Waals surface area contributed by atoms with E-state index in [1.807, 2.05) is 7.11 Å². The second kappa shape index (κ2) is 10.3. The van der Waals surface area contributed by atoms with Crippen LogP contribution in [0.5, 0.6) is 0 Å². The minimum atomic E-state index is -0.0620. The van der Waals surface area contributed by atoms with E-state index in [0.717, 1.165) is 55.0 Å². The minimum Gasteiger partial charge on any atom is -0.381 e. The molecule has 0 aromatic carbocycles. The molecule has 1 heterocycles. The Morgan fingerprint density at radius 3 is 2.53 bits per heavy atom. The van der Waals surface area contributed by atoms with Crippen LogP contribution in [0.4, 0.5) is 0 Å². The van der Waals surface area contributed by atoms with Crippen molar-refractivity contribution in [2.75, 3.05) is 13.7 Å². The highest BCUT2D eigenvalue weighted by molar-refractivity contribution is 5.26. The molecule has 0 radical (unpaired) electrons. The van der Waals surface area contributed by atoms with Crippen LogP contribution in [0, 0.1) is 51.8 Å². The van der Waals surface area contributed by atoms with E-state index in [1.165, 1.54) is 89.9 Å². The Morgan fingerprint density at radius 1 is 0.947 bits per heavy atom. The molecule has 0 bridgehead atoms. The van der Waals surface area contributed by atoms with Crippen molar-refractivity contribution in [1.82, 2.24) is 0 Å². The summed E-state index contributed by atoms with van der Waals surface area (Å²) in [5, 5.41) is 0. The molecule has 0 aromatic rings. The summed E-state index contributed by atoms with van der Waals surface area (Å²) >= 11 is 0. The van der Waals surface area contributed by atoms with Gasteiger partial charge in [-0.15, -0.1) is 0 Å². The predicted octanol–water partition coefficient (Wildman–Crippen LogP) is 9.18. The van der Waals surface area contributed by atoms with Crippen LogP contribution < -0.4 is 0 Å². The van der Waals surface area contributed by atoms with Gasteiger partial charge < -0.3 is 14.2 Å². The fourth-order valence-electron chi connectivity index (χ4n) is 12.2. The topological polar surface area (TPSA) is 27.7 Å². The summed E-state index contributed by atoms with van der Waals surface area (Å²) in [5.41, 5.74) is 1.63. The molecule has 0 aromatic heterocycles. The third-order valence-electron chi connectivity index (χ3n) is 14.1. The zero-order valence-corrected chi connectivity index (χ0v) is 25.9. The van der Waals surface area contributed by atoms with Gasteiger partial charge in [0, 0.05) is 19.1 Å². The predicted molar refractivity (Wildman–Crippen MR) is 155 cm³/mol. The average molecular weight is 529 g/mol.